The van der Waals surface area contributed by atoms with Crippen LogP contribution in [0.15, 0.2) is 30.5 Å². The minimum Gasteiger partial charge on any atom is -0.481 e. The molecule has 3 aromatic heterocycles. The lowest BCUT2D eigenvalue weighted by molar-refractivity contribution is -0.136. The van der Waals surface area contributed by atoms with Crippen LogP contribution >= 0.6 is 11.3 Å². The molecule has 0 bridgehead atoms. The van der Waals surface area contributed by atoms with Gasteiger partial charge in [-0.3, -0.25) is 9.89 Å². The third-order valence-corrected chi connectivity index (χ3v) is 6.21. The molecular weight excluding hydrogens is 390 g/mol. The highest BCUT2D eigenvalue weighted by atomic mass is 32.1. The Bertz CT molecular complexity index is 1200. The number of aliphatic carboxylic acids is 1. The van der Waals surface area contributed by atoms with Crippen molar-refractivity contribution >= 4 is 44.2 Å². The van der Waals surface area contributed by atoms with Crippen LogP contribution in [-0.2, 0) is 16.0 Å². The van der Waals surface area contributed by atoms with Gasteiger partial charge in [0.15, 0.2) is 11.6 Å². The molecule has 0 unspecified atom stereocenters. The summed E-state index contributed by atoms with van der Waals surface area (Å²) in [5.41, 5.74) is 2.71. The maximum absolute atomic E-state index is 11.0. The quantitative estimate of drug-likeness (QED) is 0.522. The largest absolute Gasteiger partial charge is 0.481 e. The average molecular weight is 409 g/mol. The molecule has 0 atom stereocenters. The number of aromatic nitrogens is 4. The summed E-state index contributed by atoms with van der Waals surface area (Å²) in [5, 5.41) is 17.1. The molecule has 2 N–H and O–H groups in total. The second-order valence-electron chi connectivity index (χ2n) is 6.93. The van der Waals surface area contributed by atoms with Crippen molar-refractivity contribution in [3.05, 3.63) is 35.3 Å². The lowest BCUT2D eigenvalue weighted by atomic mass is 10.1. The normalized spacial score (nSPS) is 14.7. The van der Waals surface area contributed by atoms with Crippen LogP contribution in [0, 0.1) is 0 Å². The van der Waals surface area contributed by atoms with E-state index in [4.69, 9.17) is 19.8 Å². The number of benzene rings is 1. The summed E-state index contributed by atoms with van der Waals surface area (Å²) in [6, 6.07) is 7.93. The topological polar surface area (TPSA) is 104 Å². The smallest absolute Gasteiger partial charge is 0.303 e. The first-order valence-electron chi connectivity index (χ1n) is 9.46. The van der Waals surface area contributed by atoms with E-state index in [1.807, 2.05) is 24.3 Å². The molecule has 0 radical (unpaired) electrons. The van der Waals surface area contributed by atoms with Crippen molar-refractivity contribution in [2.75, 3.05) is 31.2 Å². The van der Waals surface area contributed by atoms with Crippen molar-refractivity contribution in [1.29, 1.82) is 0 Å². The molecule has 1 saturated heterocycles. The van der Waals surface area contributed by atoms with Gasteiger partial charge < -0.3 is 14.7 Å². The van der Waals surface area contributed by atoms with Crippen LogP contribution in [0.1, 0.15) is 11.3 Å². The van der Waals surface area contributed by atoms with E-state index in [1.165, 1.54) is 0 Å². The van der Waals surface area contributed by atoms with Crippen molar-refractivity contribution in [3.63, 3.8) is 0 Å². The fraction of sp³-hybridized carbons (Fsp3) is 0.300. The van der Waals surface area contributed by atoms with Gasteiger partial charge in [-0.05, 0) is 18.6 Å². The summed E-state index contributed by atoms with van der Waals surface area (Å²) in [6.45, 7) is 2.86. The van der Waals surface area contributed by atoms with E-state index in [0.29, 0.717) is 25.5 Å². The molecular formula is C20H19N5O3S. The van der Waals surface area contributed by atoms with Crippen molar-refractivity contribution < 1.29 is 14.6 Å². The first-order chi connectivity index (χ1) is 14.2. The fourth-order valence-corrected chi connectivity index (χ4v) is 4.70. The van der Waals surface area contributed by atoms with Crippen molar-refractivity contribution in [1.82, 2.24) is 20.2 Å². The summed E-state index contributed by atoms with van der Waals surface area (Å²) in [4.78, 5) is 24.0. The predicted molar refractivity (Wildman–Crippen MR) is 111 cm³/mol. The van der Waals surface area contributed by atoms with Gasteiger partial charge in [0.2, 0.25) is 0 Å². The van der Waals surface area contributed by atoms with E-state index in [0.717, 1.165) is 50.5 Å². The highest BCUT2D eigenvalue weighted by molar-refractivity contribution is 7.19. The zero-order chi connectivity index (χ0) is 19.8. The maximum Gasteiger partial charge on any atom is 0.303 e. The van der Waals surface area contributed by atoms with E-state index in [2.05, 4.69) is 15.1 Å². The number of thiophene rings is 1. The molecule has 1 fully saturated rings. The number of nitrogens with zero attached hydrogens (tertiary/aromatic N) is 4. The minimum absolute atomic E-state index is 0.105. The summed E-state index contributed by atoms with van der Waals surface area (Å²) in [5.74, 6) is 0.739. The Hall–Kier alpha value is -3.04. The molecule has 4 heterocycles. The summed E-state index contributed by atoms with van der Waals surface area (Å²) in [7, 11) is 0. The van der Waals surface area contributed by atoms with Crippen molar-refractivity contribution in [2.45, 2.75) is 12.8 Å². The molecule has 148 valence electrons. The van der Waals surface area contributed by atoms with Gasteiger partial charge in [-0.25, -0.2) is 9.97 Å². The molecule has 1 aromatic carbocycles. The third-order valence-electron chi connectivity index (χ3n) is 5.03. The van der Waals surface area contributed by atoms with Crippen molar-refractivity contribution in [3.8, 4) is 11.4 Å². The Morgan fingerprint density at radius 3 is 2.97 bits per heavy atom. The number of nitrogens with one attached hydrogen (secondary N) is 1. The Kier molecular flexibility index (Phi) is 4.61. The van der Waals surface area contributed by atoms with Gasteiger partial charge in [0.1, 0.15) is 0 Å². The number of H-pyrrole nitrogens is 1. The molecule has 5 rings (SSSR count). The van der Waals surface area contributed by atoms with Crippen LogP contribution in [-0.4, -0.2) is 57.5 Å². The molecule has 0 aliphatic carbocycles. The number of morpholine rings is 1. The van der Waals surface area contributed by atoms with Gasteiger partial charge in [-0.15, -0.1) is 11.3 Å². The number of aryl methyl sites for hydroxylation is 1. The van der Waals surface area contributed by atoms with Gasteiger partial charge in [0.25, 0.3) is 0 Å². The van der Waals surface area contributed by atoms with E-state index in [9.17, 15) is 4.79 Å². The zero-order valence-corrected chi connectivity index (χ0v) is 16.4. The number of aromatic amines is 1. The minimum atomic E-state index is -0.797. The van der Waals surface area contributed by atoms with Crippen LogP contribution in [0.4, 0.5) is 5.82 Å². The first kappa shape index (κ1) is 18.0. The number of hydrogen-bond acceptors (Lipinski definition) is 7. The molecule has 9 heteroatoms. The average Bonchev–Trinajstić information content (AvgIpc) is 3.38. The summed E-state index contributed by atoms with van der Waals surface area (Å²) >= 11 is 1.58. The highest BCUT2D eigenvalue weighted by Gasteiger charge is 2.21. The van der Waals surface area contributed by atoms with Gasteiger partial charge in [-0.1, -0.05) is 12.1 Å². The van der Waals surface area contributed by atoms with Gasteiger partial charge in [0, 0.05) is 28.9 Å². The van der Waals surface area contributed by atoms with Crippen LogP contribution in [0.5, 0.6) is 0 Å². The molecule has 1 aliphatic rings. The number of hydrogen-bond donors (Lipinski definition) is 2. The van der Waals surface area contributed by atoms with E-state index >= 15 is 0 Å². The van der Waals surface area contributed by atoms with E-state index in [-0.39, 0.29) is 6.42 Å². The molecule has 29 heavy (non-hydrogen) atoms. The Morgan fingerprint density at radius 1 is 1.28 bits per heavy atom. The van der Waals surface area contributed by atoms with Crippen molar-refractivity contribution in [2.24, 2.45) is 0 Å². The Balaban J connectivity index is 1.66. The Labute approximate surface area is 170 Å². The van der Waals surface area contributed by atoms with Crippen LogP contribution < -0.4 is 4.90 Å². The van der Waals surface area contributed by atoms with Gasteiger partial charge in [-0.2, -0.15) is 5.10 Å². The monoisotopic (exact) mass is 409 g/mol. The first-order valence-corrected chi connectivity index (χ1v) is 10.3. The third kappa shape index (κ3) is 3.43. The number of rotatable bonds is 5. The number of ether oxygens (including phenoxy) is 1. The number of anilines is 1. The van der Waals surface area contributed by atoms with E-state index in [1.54, 1.807) is 17.5 Å². The SMILES string of the molecule is O=C(O)CCc1cc2nc(-c3cccc4[nH]ncc34)nc(N3CCOCC3)c2s1. The summed E-state index contributed by atoms with van der Waals surface area (Å²) < 4.78 is 6.50. The van der Waals surface area contributed by atoms with Crippen LogP contribution in [0.3, 0.4) is 0 Å². The number of fused-ring (bicyclic) bond motifs is 2. The number of carboxylic acid groups (broad SMARTS) is 1. The molecule has 0 saturated carbocycles. The maximum atomic E-state index is 11.0. The Morgan fingerprint density at radius 2 is 2.14 bits per heavy atom. The zero-order valence-electron chi connectivity index (χ0n) is 15.6. The molecule has 8 nitrogen and oxygen atoms in total. The van der Waals surface area contributed by atoms with Gasteiger partial charge >= 0.3 is 5.97 Å². The molecule has 0 amide bonds. The molecule has 1 aliphatic heterocycles. The summed E-state index contributed by atoms with van der Waals surface area (Å²) in [6.07, 6.45) is 2.39. The lowest BCUT2D eigenvalue weighted by Gasteiger charge is -2.28. The standard InChI is InChI=1S/C20H19N5O3S/c26-17(27)5-4-12-10-16-18(29-12)20(25-6-8-28-9-7-25)23-19(22-16)13-2-1-3-15-14(13)11-21-24-15/h1-3,10-11H,4-9H2,(H,21,24)(H,26,27). The molecule has 0 spiro atoms. The molecule has 4 aromatic rings. The second-order valence-corrected chi connectivity index (χ2v) is 8.06. The highest BCUT2D eigenvalue weighted by Crippen LogP contribution is 2.36. The number of carbonyl (C=O) groups is 1. The van der Waals surface area contributed by atoms with Crippen LogP contribution in [0.25, 0.3) is 32.5 Å². The van der Waals surface area contributed by atoms with Gasteiger partial charge in [0.05, 0.1) is 41.6 Å². The fourth-order valence-electron chi connectivity index (χ4n) is 3.59. The van der Waals surface area contributed by atoms with Crippen LogP contribution in [0.2, 0.25) is 0 Å². The van der Waals surface area contributed by atoms with E-state index < -0.39 is 5.97 Å². The second kappa shape index (κ2) is 7.41. The lowest BCUT2D eigenvalue weighted by Crippen LogP contribution is -2.36. The number of carboxylic acids is 1. The predicted octanol–water partition coefficient (Wildman–Crippen LogP) is 3.09.